The summed E-state index contributed by atoms with van der Waals surface area (Å²) in [5.74, 6) is 0. The van der Waals surface area contributed by atoms with Crippen LogP contribution in [0.5, 0.6) is 0 Å². The molecule has 0 N–H and O–H groups in total. The molecule has 0 atom stereocenters. The third-order valence-corrected chi connectivity index (χ3v) is 4.65. The highest BCUT2D eigenvalue weighted by Crippen LogP contribution is 2.16. The first-order chi connectivity index (χ1) is 10.9. The first kappa shape index (κ1) is 16.7. The Morgan fingerprint density at radius 3 is 0.955 bits per heavy atom. The summed E-state index contributed by atoms with van der Waals surface area (Å²) in [6.07, 6.45) is 11.1. The molecule has 3 saturated heterocycles. The molecule has 3 aliphatic rings. The van der Waals surface area contributed by atoms with E-state index in [4.69, 9.17) is 14.3 Å². The fourth-order valence-electron chi connectivity index (χ4n) is 3.33. The molecule has 0 amide bonds. The molecule has 0 bridgehead atoms. The zero-order chi connectivity index (χ0) is 15.0. The molecule has 7 heteroatoms. The van der Waals surface area contributed by atoms with Crippen molar-refractivity contribution in [3.05, 3.63) is 0 Å². The van der Waals surface area contributed by atoms with E-state index in [1.165, 1.54) is 57.8 Å². The van der Waals surface area contributed by atoms with Gasteiger partial charge in [-0.15, -0.1) is 0 Å². The van der Waals surface area contributed by atoms with Crippen LogP contribution in [0.2, 0.25) is 0 Å². The van der Waals surface area contributed by atoms with Crippen molar-refractivity contribution in [2.45, 2.75) is 57.8 Å². The molecule has 0 unspecified atom stereocenters. The summed E-state index contributed by atoms with van der Waals surface area (Å²) in [4.78, 5) is 0. The smallest absolute Gasteiger partial charge is 0.296 e. The zero-order valence-electron chi connectivity index (χ0n) is 13.8. The first-order valence-corrected chi connectivity index (χ1v) is 9.15. The van der Waals surface area contributed by atoms with E-state index in [-0.39, 0.29) is 0 Å². The third kappa shape index (κ3) is 5.47. The van der Waals surface area contributed by atoms with Crippen molar-refractivity contribution in [3.8, 4) is 0 Å². The maximum absolute atomic E-state index is 6.00. The average molecular weight is 311 g/mol. The molecule has 0 aromatic heterocycles. The number of piperidine rings is 3. The summed E-state index contributed by atoms with van der Waals surface area (Å²) in [6, 6.07) is 0. The van der Waals surface area contributed by atoms with Gasteiger partial charge in [0.05, 0.1) is 0 Å². The molecule has 0 aromatic rings. The van der Waals surface area contributed by atoms with Crippen molar-refractivity contribution in [2.24, 2.45) is 0 Å². The van der Waals surface area contributed by atoms with Crippen molar-refractivity contribution in [2.75, 3.05) is 39.3 Å². The quantitative estimate of drug-likeness (QED) is 0.700. The number of rotatable bonds is 6. The van der Waals surface area contributed by atoms with Gasteiger partial charge in [0, 0.05) is 39.3 Å². The molecule has 3 heterocycles. The maximum atomic E-state index is 6.00. The van der Waals surface area contributed by atoms with Crippen LogP contribution in [-0.4, -0.2) is 61.8 Å². The Bertz CT molecular complexity index is 259. The standard InChI is InChI=1S/C15H30BN3O3/c1-4-10-17(11-5-1)20-16(21-18-12-6-2-7-13-18)22-19-14-8-3-9-15-19/h1-15H2. The summed E-state index contributed by atoms with van der Waals surface area (Å²) in [6.45, 7) is 5.85. The fourth-order valence-corrected chi connectivity index (χ4v) is 3.33. The lowest BCUT2D eigenvalue weighted by molar-refractivity contribution is -0.218. The lowest BCUT2D eigenvalue weighted by Gasteiger charge is -2.34. The predicted octanol–water partition coefficient (Wildman–Crippen LogP) is 2.22. The first-order valence-electron chi connectivity index (χ1n) is 9.15. The number of hydrogen-bond acceptors (Lipinski definition) is 6. The van der Waals surface area contributed by atoms with E-state index in [9.17, 15) is 0 Å². The van der Waals surface area contributed by atoms with E-state index in [1.54, 1.807) is 0 Å². The fraction of sp³-hybridized carbons (Fsp3) is 1.00. The van der Waals surface area contributed by atoms with Gasteiger partial charge in [-0.3, -0.25) is 14.3 Å². The van der Waals surface area contributed by atoms with E-state index in [0.717, 1.165) is 39.3 Å². The Hall–Kier alpha value is -0.175. The molecule has 3 fully saturated rings. The van der Waals surface area contributed by atoms with Crippen molar-refractivity contribution < 1.29 is 14.3 Å². The highest BCUT2D eigenvalue weighted by atomic mass is 16.9. The highest BCUT2D eigenvalue weighted by molar-refractivity contribution is 6.35. The van der Waals surface area contributed by atoms with Crippen molar-refractivity contribution >= 4 is 7.32 Å². The molecular formula is C15H30BN3O3. The van der Waals surface area contributed by atoms with Crippen LogP contribution in [0.25, 0.3) is 0 Å². The largest absolute Gasteiger partial charge is 0.692 e. The van der Waals surface area contributed by atoms with Gasteiger partial charge in [0.15, 0.2) is 0 Å². The number of nitrogens with zero attached hydrogens (tertiary/aromatic N) is 3. The van der Waals surface area contributed by atoms with Gasteiger partial charge in [-0.2, -0.15) is 0 Å². The lowest BCUT2D eigenvalue weighted by Crippen LogP contribution is -2.48. The molecule has 126 valence electrons. The minimum atomic E-state index is -0.630. The monoisotopic (exact) mass is 311 g/mol. The summed E-state index contributed by atoms with van der Waals surface area (Å²) < 4.78 is 18.0. The van der Waals surface area contributed by atoms with Crippen LogP contribution < -0.4 is 0 Å². The molecule has 0 radical (unpaired) electrons. The minimum Gasteiger partial charge on any atom is -0.296 e. The van der Waals surface area contributed by atoms with E-state index < -0.39 is 7.32 Å². The van der Waals surface area contributed by atoms with E-state index >= 15 is 0 Å². The molecule has 6 nitrogen and oxygen atoms in total. The minimum absolute atomic E-state index is 0.630. The van der Waals surface area contributed by atoms with Gasteiger partial charge < -0.3 is 0 Å². The molecule has 0 aliphatic carbocycles. The topological polar surface area (TPSA) is 37.4 Å². The Balaban J connectivity index is 1.50. The molecule has 22 heavy (non-hydrogen) atoms. The van der Waals surface area contributed by atoms with Crippen molar-refractivity contribution in [3.63, 3.8) is 0 Å². The van der Waals surface area contributed by atoms with Crippen LogP contribution in [0.15, 0.2) is 0 Å². The Morgan fingerprint density at radius 1 is 0.409 bits per heavy atom. The van der Waals surface area contributed by atoms with Gasteiger partial charge in [-0.25, -0.2) is 15.2 Å². The second-order valence-electron chi connectivity index (χ2n) is 6.57. The molecule has 0 spiro atoms. The van der Waals surface area contributed by atoms with Crippen LogP contribution >= 0.6 is 0 Å². The van der Waals surface area contributed by atoms with Gasteiger partial charge in [0.2, 0.25) is 0 Å². The maximum Gasteiger partial charge on any atom is 0.692 e. The SMILES string of the molecule is C1CCN(OB(ON2CCCCC2)ON2CCCCC2)CC1. The molecule has 3 aliphatic heterocycles. The van der Waals surface area contributed by atoms with Gasteiger partial charge in [-0.1, -0.05) is 19.3 Å². The normalized spacial score (nSPS) is 26.2. The van der Waals surface area contributed by atoms with Gasteiger partial charge in [0.25, 0.3) is 0 Å². The van der Waals surface area contributed by atoms with Crippen LogP contribution in [0, 0.1) is 0 Å². The Morgan fingerprint density at radius 2 is 0.682 bits per heavy atom. The molecular weight excluding hydrogens is 281 g/mol. The van der Waals surface area contributed by atoms with E-state index in [2.05, 4.69) is 0 Å². The summed E-state index contributed by atoms with van der Waals surface area (Å²) in [5.41, 5.74) is 0. The third-order valence-electron chi connectivity index (χ3n) is 4.65. The van der Waals surface area contributed by atoms with E-state index in [0.29, 0.717) is 0 Å². The summed E-state index contributed by atoms with van der Waals surface area (Å²) in [5, 5.41) is 6.05. The highest BCUT2D eigenvalue weighted by Gasteiger charge is 2.33. The molecule has 3 rings (SSSR count). The van der Waals surface area contributed by atoms with Crippen LogP contribution in [0.4, 0.5) is 0 Å². The van der Waals surface area contributed by atoms with Gasteiger partial charge >= 0.3 is 7.32 Å². The van der Waals surface area contributed by atoms with Gasteiger partial charge in [-0.05, 0) is 38.5 Å². The predicted molar refractivity (Wildman–Crippen MR) is 85.3 cm³/mol. The van der Waals surface area contributed by atoms with E-state index in [1.807, 2.05) is 15.2 Å². The average Bonchev–Trinajstić information content (AvgIpc) is 2.57. The lowest BCUT2D eigenvalue weighted by atomic mass is 10.1. The number of hydrogen-bond donors (Lipinski definition) is 0. The van der Waals surface area contributed by atoms with Crippen LogP contribution in [0.3, 0.4) is 0 Å². The number of hydroxylamine groups is 6. The van der Waals surface area contributed by atoms with Crippen molar-refractivity contribution in [1.82, 2.24) is 15.2 Å². The summed E-state index contributed by atoms with van der Waals surface area (Å²) >= 11 is 0. The molecule has 0 saturated carbocycles. The van der Waals surface area contributed by atoms with Crippen LogP contribution in [0.1, 0.15) is 57.8 Å². The Kier molecular flexibility index (Phi) is 6.97. The van der Waals surface area contributed by atoms with Gasteiger partial charge in [0.1, 0.15) is 0 Å². The van der Waals surface area contributed by atoms with Crippen LogP contribution in [-0.2, 0) is 14.3 Å². The molecule has 0 aromatic carbocycles. The second-order valence-corrected chi connectivity index (χ2v) is 6.57. The summed E-state index contributed by atoms with van der Waals surface area (Å²) in [7, 11) is -0.630. The Labute approximate surface area is 134 Å². The zero-order valence-corrected chi connectivity index (χ0v) is 13.8. The second kappa shape index (κ2) is 9.20. The van der Waals surface area contributed by atoms with Crippen molar-refractivity contribution in [1.29, 1.82) is 0 Å².